The normalized spacial score (nSPS) is 16.8. The van der Waals surface area contributed by atoms with E-state index < -0.39 is 5.97 Å². The Balaban J connectivity index is 0.00000128. The van der Waals surface area contributed by atoms with E-state index in [2.05, 4.69) is 9.88 Å². The zero-order valence-corrected chi connectivity index (χ0v) is 10.00. The van der Waals surface area contributed by atoms with Crippen molar-refractivity contribution in [3.05, 3.63) is 16.1 Å². The van der Waals surface area contributed by atoms with Crippen LogP contribution in [0.3, 0.4) is 0 Å². The van der Waals surface area contributed by atoms with Gasteiger partial charge in [0, 0.05) is 25.0 Å². The quantitative estimate of drug-likeness (QED) is 0.603. The maximum Gasteiger partial charge on any atom is 1.00 e. The van der Waals surface area contributed by atoms with Crippen molar-refractivity contribution in [2.24, 2.45) is 0 Å². The monoisotopic (exact) mass is 236 g/mol. The first-order valence-electron chi connectivity index (χ1n) is 4.73. The molecule has 0 aromatic carbocycles. The maximum atomic E-state index is 10.6. The molecule has 7 heteroatoms. The van der Waals surface area contributed by atoms with Crippen molar-refractivity contribution in [1.29, 1.82) is 0 Å². The minimum atomic E-state index is -0.951. The molecule has 1 N–H and O–H groups in total. The molecule has 2 heterocycles. The number of aromatic carboxylic acids is 1. The van der Waals surface area contributed by atoms with Crippen LogP contribution in [0.25, 0.3) is 0 Å². The predicted octanol–water partition coefficient (Wildman–Crippen LogP) is -2.21. The molecule has 1 aromatic heterocycles. The van der Waals surface area contributed by atoms with Gasteiger partial charge >= 0.3 is 24.8 Å². The third kappa shape index (κ3) is 3.58. The molecule has 0 unspecified atom stereocenters. The van der Waals surface area contributed by atoms with Gasteiger partial charge in [-0.05, 0) is 0 Å². The fourth-order valence-corrected chi connectivity index (χ4v) is 2.11. The molecule has 2 rings (SSSR count). The van der Waals surface area contributed by atoms with E-state index in [1.54, 1.807) is 5.38 Å². The molecule has 0 amide bonds. The number of aromatic nitrogens is 1. The first-order valence-corrected chi connectivity index (χ1v) is 5.61. The summed E-state index contributed by atoms with van der Waals surface area (Å²) in [6.07, 6.45) is 0. The van der Waals surface area contributed by atoms with Gasteiger partial charge in [-0.15, -0.1) is 11.3 Å². The molecule has 1 aromatic rings. The number of nitrogens with zero attached hydrogens (tertiary/aromatic N) is 2. The van der Waals surface area contributed by atoms with Crippen molar-refractivity contribution in [2.45, 2.75) is 6.54 Å². The Morgan fingerprint density at radius 3 is 2.88 bits per heavy atom. The topological polar surface area (TPSA) is 62.7 Å². The molecule has 1 aliphatic heterocycles. The number of carboxylic acids is 1. The minimum Gasteiger partial charge on any atom is -1.00 e. The molecule has 1 aliphatic rings. The van der Waals surface area contributed by atoms with Crippen LogP contribution >= 0.6 is 11.3 Å². The van der Waals surface area contributed by atoms with Gasteiger partial charge in [-0.25, -0.2) is 9.78 Å². The van der Waals surface area contributed by atoms with Gasteiger partial charge in [-0.3, -0.25) is 4.90 Å². The van der Waals surface area contributed by atoms with Gasteiger partial charge in [0.25, 0.3) is 0 Å². The Hall–Kier alpha value is -0.383. The number of ether oxygens (including phenoxy) is 1. The fourth-order valence-electron chi connectivity index (χ4n) is 1.47. The summed E-state index contributed by atoms with van der Waals surface area (Å²) in [5.41, 5.74) is 0.833. The van der Waals surface area contributed by atoms with Gasteiger partial charge in [-0.1, -0.05) is 0 Å². The van der Waals surface area contributed by atoms with Gasteiger partial charge in [0.1, 0.15) is 0 Å². The Kier molecular flexibility index (Phi) is 5.45. The molecule has 5 nitrogen and oxygen atoms in total. The number of hydrogen-bond acceptors (Lipinski definition) is 5. The van der Waals surface area contributed by atoms with E-state index in [9.17, 15) is 4.79 Å². The summed E-state index contributed by atoms with van der Waals surface area (Å²) >= 11 is 1.18. The third-order valence-electron chi connectivity index (χ3n) is 2.22. The van der Waals surface area contributed by atoms with Gasteiger partial charge in [0.15, 0.2) is 0 Å². The molecule has 0 aliphatic carbocycles. The van der Waals surface area contributed by atoms with Crippen molar-refractivity contribution in [3.63, 3.8) is 0 Å². The second kappa shape index (κ2) is 6.38. The summed E-state index contributed by atoms with van der Waals surface area (Å²) in [4.78, 5) is 16.9. The summed E-state index contributed by atoms with van der Waals surface area (Å²) in [5, 5.41) is 10.7. The van der Waals surface area contributed by atoms with Crippen LogP contribution in [0, 0.1) is 0 Å². The number of morpholine rings is 1. The van der Waals surface area contributed by atoms with Crippen molar-refractivity contribution in [1.82, 2.24) is 9.88 Å². The van der Waals surface area contributed by atoms with Gasteiger partial charge in [0.05, 0.1) is 18.9 Å². The van der Waals surface area contributed by atoms with E-state index in [1.165, 1.54) is 11.3 Å². The Bertz CT molecular complexity index is 358. The van der Waals surface area contributed by atoms with E-state index in [-0.39, 0.29) is 25.3 Å². The predicted molar refractivity (Wildman–Crippen MR) is 56.3 cm³/mol. The second-order valence-corrected chi connectivity index (χ2v) is 4.20. The van der Waals surface area contributed by atoms with Crippen LogP contribution in [-0.2, 0) is 11.3 Å². The van der Waals surface area contributed by atoms with Crippen LogP contribution in [0.15, 0.2) is 5.38 Å². The van der Waals surface area contributed by atoms with Crippen molar-refractivity contribution in [3.8, 4) is 0 Å². The van der Waals surface area contributed by atoms with Crippen LogP contribution in [0.4, 0.5) is 0 Å². The third-order valence-corrected chi connectivity index (χ3v) is 3.10. The molecular weight excluding hydrogens is 223 g/mol. The summed E-state index contributed by atoms with van der Waals surface area (Å²) < 4.78 is 5.23. The summed E-state index contributed by atoms with van der Waals surface area (Å²) in [5.74, 6) is -0.951. The SMILES string of the molecule is O=C(O)c1nc(CN2CCOCC2)cs1.[H-].[Li+]. The van der Waals surface area contributed by atoms with E-state index in [0.717, 1.165) is 32.0 Å². The number of carboxylic acid groups (broad SMARTS) is 1. The summed E-state index contributed by atoms with van der Waals surface area (Å²) in [7, 11) is 0. The van der Waals surface area contributed by atoms with Gasteiger partial charge < -0.3 is 11.3 Å². The average Bonchev–Trinajstić information content (AvgIpc) is 2.68. The first kappa shape index (κ1) is 13.7. The van der Waals surface area contributed by atoms with Crippen LogP contribution in [0.2, 0.25) is 0 Å². The second-order valence-electron chi connectivity index (χ2n) is 3.34. The average molecular weight is 236 g/mol. The van der Waals surface area contributed by atoms with Crippen molar-refractivity contribution < 1.29 is 34.9 Å². The largest absolute Gasteiger partial charge is 1.00 e. The van der Waals surface area contributed by atoms with Crippen molar-refractivity contribution >= 4 is 17.3 Å². The molecule has 0 saturated carbocycles. The molecule has 1 saturated heterocycles. The van der Waals surface area contributed by atoms with E-state index in [4.69, 9.17) is 9.84 Å². The van der Waals surface area contributed by atoms with E-state index >= 15 is 0 Å². The van der Waals surface area contributed by atoms with E-state index in [0.29, 0.717) is 6.54 Å². The van der Waals surface area contributed by atoms with Gasteiger partial charge in [-0.2, -0.15) is 0 Å². The Labute approximate surface area is 111 Å². The van der Waals surface area contributed by atoms with Crippen LogP contribution in [-0.4, -0.2) is 47.3 Å². The van der Waals surface area contributed by atoms with Crippen LogP contribution < -0.4 is 18.9 Å². The number of carbonyl (C=O) groups is 1. The molecule has 0 radical (unpaired) electrons. The molecule has 1 fully saturated rings. The molecular formula is C9H13LiN2O3S. The first-order chi connectivity index (χ1) is 7.25. The number of rotatable bonds is 3. The minimum absolute atomic E-state index is 0. The van der Waals surface area contributed by atoms with E-state index in [1.807, 2.05) is 0 Å². The van der Waals surface area contributed by atoms with Crippen molar-refractivity contribution in [2.75, 3.05) is 26.3 Å². The molecule has 0 bridgehead atoms. The standard InChI is InChI=1S/C9H12N2O3S.Li.H/c12-9(13)8-10-7(6-15-8)5-11-1-3-14-4-2-11;;/h6H,1-5H2,(H,12,13);;/q;+1;-1. The fraction of sp³-hybridized carbons (Fsp3) is 0.556. The smallest absolute Gasteiger partial charge is 1.00 e. The molecule has 0 atom stereocenters. The van der Waals surface area contributed by atoms with Crippen LogP contribution in [0.5, 0.6) is 0 Å². The molecule has 16 heavy (non-hydrogen) atoms. The summed E-state index contributed by atoms with van der Waals surface area (Å²) in [6.45, 7) is 3.98. The molecule has 0 spiro atoms. The number of thiazole rings is 1. The number of hydrogen-bond donors (Lipinski definition) is 1. The maximum absolute atomic E-state index is 10.6. The zero-order valence-electron chi connectivity index (χ0n) is 10.2. The van der Waals surface area contributed by atoms with Gasteiger partial charge in [0.2, 0.25) is 5.01 Å². The summed E-state index contributed by atoms with van der Waals surface area (Å²) in [6, 6.07) is 0. The zero-order chi connectivity index (χ0) is 10.7. The Morgan fingerprint density at radius 1 is 1.62 bits per heavy atom. The van der Waals surface area contributed by atoms with Crippen LogP contribution in [0.1, 0.15) is 16.9 Å². The molecule has 84 valence electrons. The Morgan fingerprint density at radius 2 is 2.31 bits per heavy atom.